The molecule has 1 aromatic rings. The van der Waals surface area contributed by atoms with Crippen LogP contribution in [-0.4, -0.2) is 23.5 Å². The fourth-order valence-electron chi connectivity index (χ4n) is 3.93. The van der Waals surface area contributed by atoms with E-state index in [2.05, 4.69) is 36.1 Å². The molecule has 0 spiro atoms. The molecule has 2 N–H and O–H groups in total. The minimum Gasteiger partial charge on any atom is -0.323 e. The van der Waals surface area contributed by atoms with Gasteiger partial charge in [0.15, 0.2) is 0 Å². The van der Waals surface area contributed by atoms with Gasteiger partial charge < -0.3 is 5.73 Å². The topological polar surface area (TPSA) is 29.3 Å². The summed E-state index contributed by atoms with van der Waals surface area (Å²) in [5.74, 6) is 0. The summed E-state index contributed by atoms with van der Waals surface area (Å²) in [6, 6.07) is 10.2. The molecule has 0 heterocycles. The summed E-state index contributed by atoms with van der Waals surface area (Å²) in [7, 11) is 0. The molecule has 18 heavy (non-hydrogen) atoms. The van der Waals surface area contributed by atoms with Crippen LogP contribution in [0.3, 0.4) is 0 Å². The molecule has 1 fully saturated rings. The zero-order valence-corrected chi connectivity index (χ0v) is 11.3. The van der Waals surface area contributed by atoms with Crippen molar-refractivity contribution in [1.29, 1.82) is 0 Å². The number of nitrogens with two attached hydrogens (primary N) is 1. The fraction of sp³-hybridized carbons (Fsp3) is 0.625. The Hall–Kier alpha value is -0.860. The summed E-state index contributed by atoms with van der Waals surface area (Å²) in [6.45, 7) is 3.42. The summed E-state index contributed by atoms with van der Waals surface area (Å²) < 4.78 is 0. The molecule has 1 aromatic carbocycles. The highest BCUT2D eigenvalue weighted by molar-refractivity contribution is 5.37. The third-order valence-corrected chi connectivity index (χ3v) is 4.84. The maximum Gasteiger partial charge on any atom is 0.0459 e. The lowest BCUT2D eigenvalue weighted by atomic mass is 10.0. The Kier molecular flexibility index (Phi) is 3.40. The van der Waals surface area contributed by atoms with E-state index in [9.17, 15) is 0 Å². The van der Waals surface area contributed by atoms with E-state index in [1.807, 2.05) is 0 Å². The first-order valence-corrected chi connectivity index (χ1v) is 7.40. The Morgan fingerprint density at radius 1 is 1.22 bits per heavy atom. The molecule has 0 aliphatic heterocycles. The van der Waals surface area contributed by atoms with Crippen molar-refractivity contribution in [3.8, 4) is 0 Å². The monoisotopic (exact) mass is 244 g/mol. The zero-order chi connectivity index (χ0) is 12.5. The highest BCUT2D eigenvalue weighted by atomic mass is 15.2. The average Bonchev–Trinajstić information content (AvgIpc) is 3.01. The molecule has 0 radical (unpaired) electrons. The molecule has 0 aromatic heterocycles. The first-order valence-electron chi connectivity index (χ1n) is 7.40. The van der Waals surface area contributed by atoms with Crippen LogP contribution in [-0.2, 0) is 6.42 Å². The fourth-order valence-corrected chi connectivity index (χ4v) is 3.93. The Balaban J connectivity index is 1.81. The molecular weight excluding hydrogens is 220 g/mol. The van der Waals surface area contributed by atoms with Gasteiger partial charge in [-0.1, -0.05) is 44.0 Å². The van der Waals surface area contributed by atoms with E-state index in [0.29, 0.717) is 6.04 Å². The summed E-state index contributed by atoms with van der Waals surface area (Å²) in [6.07, 6.45) is 6.68. The minimum absolute atomic E-state index is 0.210. The van der Waals surface area contributed by atoms with Crippen molar-refractivity contribution in [1.82, 2.24) is 4.90 Å². The van der Waals surface area contributed by atoms with Gasteiger partial charge in [0.05, 0.1) is 0 Å². The van der Waals surface area contributed by atoms with Crippen molar-refractivity contribution in [3.05, 3.63) is 35.4 Å². The molecule has 2 aliphatic rings. The summed E-state index contributed by atoms with van der Waals surface area (Å²) >= 11 is 0. The van der Waals surface area contributed by atoms with Gasteiger partial charge in [0.1, 0.15) is 0 Å². The van der Waals surface area contributed by atoms with Gasteiger partial charge in [-0.15, -0.1) is 0 Å². The van der Waals surface area contributed by atoms with Gasteiger partial charge in [-0.05, 0) is 36.9 Å². The van der Waals surface area contributed by atoms with Gasteiger partial charge in [0.25, 0.3) is 0 Å². The van der Waals surface area contributed by atoms with Gasteiger partial charge in [-0.2, -0.15) is 0 Å². The second-order valence-corrected chi connectivity index (χ2v) is 5.76. The van der Waals surface area contributed by atoms with Crippen molar-refractivity contribution in [2.75, 3.05) is 6.54 Å². The van der Waals surface area contributed by atoms with E-state index < -0.39 is 0 Å². The summed E-state index contributed by atoms with van der Waals surface area (Å²) in [5.41, 5.74) is 9.33. The highest BCUT2D eigenvalue weighted by Gasteiger charge is 2.36. The average molecular weight is 244 g/mol. The molecule has 3 rings (SSSR count). The van der Waals surface area contributed by atoms with Gasteiger partial charge >= 0.3 is 0 Å². The van der Waals surface area contributed by atoms with Crippen molar-refractivity contribution in [2.45, 2.75) is 57.2 Å². The van der Waals surface area contributed by atoms with Crippen LogP contribution in [0.5, 0.6) is 0 Å². The van der Waals surface area contributed by atoms with Gasteiger partial charge in [0.2, 0.25) is 0 Å². The molecule has 2 aliphatic carbocycles. The molecular formula is C16H24N2. The van der Waals surface area contributed by atoms with Crippen LogP contribution in [0, 0.1) is 0 Å². The normalized spacial score (nSPS) is 27.9. The molecule has 98 valence electrons. The Bertz CT molecular complexity index is 409. The van der Waals surface area contributed by atoms with Crippen LogP contribution in [0.15, 0.2) is 24.3 Å². The Labute approximate surface area is 110 Å². The van der Waals surface area contributed by atoms with Crippen LogP contribution in [0.1, 0.15) is 49.8 Å². The van der Waals surface area contributed by atoms with E-state index in [4.69, 9.17) is 5.73 Å². The van der Waals surface area contributed by atoms with E-state index in [1.165, 1.54) is 36.8 Å². The first-order chi connectivity index (χ1) is 8.81. The number of hydrogen-bond acceptors (Lipinski definition) is 2. The van der Waals surface area contributed by atoms with Gasteiger partial charge in [-0.3, -0.25) is 4.90 Å². The molecule has 2 unspecified atom stereocenters. The molecule has 0 amide bonds. The third kappa shape index (κ3) is 1.98. The lowest BCUT2D eigenvalue weighted by Gasteiger charge is -2.35. The predicted octanol–water partition coefficient (Wildman–Crippen LogP) is 2.88. The smallest absolute Gasteiger partial charge is 0.0459 e. The van der Waals surface area contributed by atoms with Crippen molar-refractivity contribution in [3.63, 3.8) is 0 Å². The van der Waals surface area contributed by atoms with Crippen LogP contribution in [0.2, 0.25) is 0 Å². The van der Waals surface area contributed by atoms with E-state index in [0.717, 1.165) is 19.0 Å². The summed E-state index contributed by atoms with van der Waals surface area (Å²) in [4.78, 5) is 2.68. The van der Waals surface area contributed by atoms with E-state index >= 15 is 0 Å². The SMILES string of the molecule is CCN(C1CCCC1)C1Cc2ccccc2C1N. The van der Waals surface area contributed by atoms with Gasteiger partial charge in [-0.25, -0.2) is 0 Å². The van der Waals surface area contributed by atoms with Crippen molar-refractivity contribution >= 4 is 0 Å². The number of benzene rings is 1. The quantitative estimate of drug-likeness (QED) is 0.886. The third-order valence-electron chi connectivity index (χ3n) is 4.84. The molecule has 2 heteroatoms. The zero-order valence-electron chi connectivity index (χ0n) is 11.3. The second-order valence-electron chi connectivity index (χ2n) is 5.76. The number of rotatable bonds is 3. The van der Waals surface area contributed by atoms with E-state index in [1.54, 1.807) is 0 Å². The largest absolute Gasteiger partial charge is 0.323 e. The number of hydrogen-bond donors (Lipinski definition) is 1. The lowest BCUT2D eigenvalue weighted by molar-refractivity contribution is 0.130. The molecule has 2 atom stereocenters. The molecule has 2 nitrogen and oxygen atoms in total. The molecule has 0 bridgehead atoms. The van der Waals surface area contributed by atoms with Crippen LogP contribution in [0.25, 0.3) is 0 Å². The maximum absolute atomic E-state index is 6.49. The molecule has 1 saturated carbocycles. The Morgan fingerprint density at radius 2 is 1.94 bits per heavy atom. The summed E-state index contributed by atoms with van der Waals surface area (Å²) in [5, 5.41) is 0. The maximum atomic E-state index is 6.49. The second kappa shape index (κ2) is 5.02. The standard InChI is InChI=1S/C16H24N2/c1-2-18(13-8-4-5-9-13)15-11-12-7-3-6-10-14(12)16(15)17/h3,6-7,10,13,15-16H,2,4-5,8-9,11,17H2,1H3. The predicted molar refractivity (Wildman–Crippen MR) is 75.5 cm³/mol. The van der Waals surface area contributed by atoms with Crippen LogP contribution in [0.4, 0.5) is 0 Å². The van der Waals surface area contributed by atoms with Gasteiger partial charge in [0, 0.05) is 18.1 Å². The number of likely N-dealkylation sites (N-methyl/N-ethyl adjacent to an activating group) is 1. The minimum atomic E-state index is 0.210. The Morgan fingerprint density at radius 3 is 2.61 bits per heavy atom. The first kappa shape index (κ1) is 12.2. The lowest BCUT2D eigenvalue weighted by Crippen LogP contribution is -2.46. The van der Waals surface area contributed by atoms with Crippen molar-refractivity contribution in [2.24, 2.45) is 5.73 Å². The number of nitrogens with zero attached hydrogens (tertiary/aromatic N) is 1. The van der Waals surface area contributed by atoms with E-state index in [-0.39, 0.29) is 6.04 Å². The van der Waals surface area contributed by atoms with Crippen LogP contribution < -0.4 is 5.73 Å². The molecule has 0 saturated heterocycles. The van der Waals surface area contributed by atoms with Crippen LogP contribution >= 0.6 is 0 Å². The van der Waals surface area contributed by atoms with Crippen molar-refractivity contribution < 1.29 is 0 Å². The number of fused-ring (bicyclic) bond motifs is 1. The highest BCUT2D eigenvalue weighted by Crippen LogP contribution is 2.36.